The molecule has 1 aromatic carbocycles. The third-order valence-corrected chi connectivity index (χ3v) is 2.25. The Morgan fingerprint density at radius 3 is 3.06 bits per heavy atom. The number of aromatic nitrogens is 1. The molecule has 0 bridgehead atoms. The van der Waals surface area contributed by atoms with Crippen LogP contribution in [0.1, 0.15) is 5.56 Å². The average molecular weight is 237 g/mol. The molecule has 0 aliphatic rings. The normalized spacial score (nSPS) is 10.8. The van der Waals surface area contributed by atoms with Crippen molar-refractivity contribution in [3.8, 4) is 0 Å². The van der Waals surface area contributed by atoms with Crippen molar-refractivity contribution in [2.24, 2.45) is 0 Å². The van der Waals surface area contributed by atoms with Crippen LogP contribution in [0.5, 0.6) is 0 Å². The van der Waals surface area contributed by atoms with Gasteiger partial charge in [-0.05, 0) is 24.1 Å². The second-order valence-corrected chi connectivity index (χ2v) is 3.54. The third-order valence-electron chi connectivity index (χ3n) is 2.25. The molecule has 1 aromatic heterocycles. The van der Waals surface area contributed by atoms with Crippen LogP contribution in [0, 0.1) is 0 Å². The molecule has 0 saturated heterocycles. The van der Waals surface area contributed by atoms with Gasteiger partial charge in [0.15, 0.2) is 5.58 Å². The zero-order chi connectivity index (χ0) is 12.3. The summed E-state index contributed by atoms with van der Waals surface area (Å²) in [5.41, 5.74) is 2.06. The number of fused-ring (bicyclic) bond motifs is 1. The average Bonchev–Trinajstić information content (AvgIpc) is 2.63. The molecule has 0 aliphatic carbocycles. The van der Waals surface area contributed by atoms with E-state index in [1.165, 1.54) is 0 Å². The minimum Gasteiger partial charge on any atom is -0.480 e. The van der Waals surface area contributed by atoms with Crippen LogP contribution >= 0.6 is 0 Å². The van der Waals surface area contributed by atoms with Crippen molar-refractivity contribution in [1.82, 2.24) is 4.98 Å². The Hall–Kier alpha value is -2.08. The van der Waals surface area contributed by atoms with E-state index in [-0.39, 0.29) is 6.61 Å². The second-order valence-electron chi connectivity index (χ2n) is 3.54. The lowest BCUT2D eigenvalue weighted by molar-refractivity contribution is -0.142. The Kier molecular flexibility index (Phi) is 3.24. The molecule has 17 heavy (non-hydrogen) atoms. The summed E-state index contributed by atoms with van der Waals surface area (Å²) >= 11 is 0. The number of H-pyrrole nitrogens is 1. The quantitative estimate of drug-likeness (QED) is 0.749. The summed E-state index contributed by atoms with van der Waals surface area (Å²) < 4.78 is 9.82. The minimum atomic E-state index is -0.989. The van der Waals surface area contributed by atoms with Crippen molar-refractivity contribution in [2.75, 3.05) is 13.2 Å². The van der Waals surface area contributed by atoms with E-state index in [2.05, 4.69) is 4.98 Å². The predicted octanol–water partition coefficient (Wildman–Crippen LogP) is 0.765. The molecule has 0 aliphatic heterocycles. The first-order chi connectivity index (χ1) is 8.15. The van der Waals surface area contributed by atoms with Gasteiger partial charge in [0.2, 0.25) is 0 Å². The molecule has 6 nitrogen and oxygen atoms in total. The van der Waals surface area contributed by atoms with Gasteiger partial charge in [0.05, 0.1) is 12.1 Å². The fraction of sp³-hybridized carbons (Fsp3) is 0.273. The van der Waals surface area contributed by atoms with E-state index in [0.717, 1.165) is 5.56 Å². The molecule has 2 aromatic rings. The summed E-state index contributed by atoms with van der Waals surface area (Å²) in [6.07, 6.45) is 0.568. The van der Waals surface area contributed by atoms with Crippen LogP contribution in [-0.4, -0.2) is 29.3 Å². The molecule has 0 fully saturated rings. The summed E-state index contributed by atoms with van der Waals surface area (Å²) in [4.78, 5) is 23.7. The third kappa shape index (κ3) is 2.94. The van der Waals surface area contributed by atoms with Crippen LogP contribution in [0.4, 0.5) is 0 Å². The minimum absolute atomic E-state index is 0.304. The number of rotatable bonds is 5. The van der Waals surface area contributed by atoms with Crippen LogP contribution in [0.25, 0.3) is 11.1 Å². The van der Waals surface area contributed by atoms with Gasteiger partial charge >= 0.3 is 11.7 Å². The van der Waals surface area contributed by atoms with Gasteiger partial charge in [-0.2, -0.15) is 0 Å². The highest BCUT2D eigenvalue weighted by Gasteiger charge is 2.02. The van der Waals surface area contributed by atoms with Crippen LogP contribution in [-0.2, 0) is 16.0 Å². The molecule has 0 unspecified atom stereocenters. The largest absolute Gasteiger partial charge is 0.480 e. The highest BCUT2D eigenvalue weighted by molar-refractivity contribution is 5.72. The molecule has 0 atom stereocenters. The highest BCUT2D eigenvalue weighted by Crippen LogP contribution is 2.12. The first-order valence-corrected chi connectivity index (χ1v) is 5.06. The molecule has 2 rings (SSSR count). The lowest BCUT2D eigenvalue weighted by Gasteiger charge is -2.01. The lowest BCUT2D eigenvalue weighted by atomic mass is 10.1. The van der Waals surface area contributed by atoms with Crippen molar-refractivity contribution in [3.05, 3.63) is 34.3 Å². The molecule has 0 saturated carbocycles. The number of benzene rings is 1. The van der Waals surface area contributed by atoms with Crippen LogP contribution < -0.4 is 5.76 Å². The Morgan fingerprint density at radius 2 is 2.29 bits per heavy atom. The fourth-order valence-electron chi connectivity index (χ4n) is 1.49. The van der Waals surface area contributed by atoms with Gasteiger partial charge in [-0.25, -0.2) is 9.59 Å². The topological polar surface area (TPSA) is 92.5 Å². The summed E-state index contributed by atoms with van der Waals surface area (Å²) in [5, 5.41) is 8.38. The van der Waals surface area contributed by atoms with Crippen molar-refractivity contribution in [1.29, 1.82) is 0 Å². The molecule has 0 radical (unpaired) electrons. The maximum absolute atomic E-state index is 10.9. The zero-order valence-corrected chi connectivity index (χ0v) is 8.93. The van der Waals surface area contributed by atoms with Crippen molar-refractivity contribution < 1.29 is 19.1 Å². The number of aromatic amines is 1. The molecular formula is C11H11NO5. The summed E-state index contributed by atoms with van der Waals surface area (Å²) in [7, 11) is 0. The predicted molar refractivity (Wildman–Crippen MR) is 59.0 cm³/mol. The number of oxazole rings is 1. The van der Waals surface area contributed by atoms with Gasteiger partial charge in [-0.15, -0.1) is 0 Å². The van der Waals surface area contributed by atoms with Gasteiger partial charge in [0.1, 0.15) is 6.61 Å². The SMILES string of the molecule is O=C(O)COCCc1ccc2[nH]c(=O)oc2c1. The van der Waals surface area contributed by atoms with Crippen molar-refractivity contribution in [3.63, 3.8) is 0 Å². The van der Waals surface area contributed by atoms with Gasteiger partial charge in [0, 0.05) is 0 Å². The van der Waals surface area contributed by atoms with Crippen LogP contribution in [0.15, 0.2) is 27.4 Å². The summed E-state index contributed by atoms with van der Waals surface area (Å²) in [6.45, 7) is 0.00788. The van der Waals surface area contributed by atoms with E-state index in [1.807, 2.05) is 6.07 Å². The molecular weight excluding hydrogens is 226 g/mol. The number of carbonyl (C=O) groups is 1. The van der Waals surface area contributed by atoms with Crippen LogP contribution in [0.3, 0.4) is 0 Å². The van der Waals surface area contributed by atoms with E-state index >= 15 is 0 Å². The van der Waals surface area contributed by atoms with E-state index in [9.17, 15) is 9.59 Å². The van der Waals surface area contributed by atoms with Gasteiger partial charge < -0.3 is 14.3 Å². The lowest BCUT2D eigenvalue weighted by Crippen LogP contribution is -2.08. The maximum atomic E-state index is 10.9. The Labute approximate surface area is 95.8 Å². The monoisotopic (exact) mass is 237 g/mol. The first-order valence-electron chi connectivity index (χ1n) is 5.06. The van der Waals surface area contributed by atoms with Gasteiger partial charge in [0.25, 0.3) is 0 Å². The van der Waals surface area contributed by atoms with Crippen LogP contribution in [0.2, 0.25) is 0 Å². The Balaban J connectivity index is 1.99. The number of hydrogen-bond donors (Lipinski definition) is 2. The summed E-state index contributed by atoms with van der Waals surface area (Å²) in [5.74, 6) is -1.48. The number of aliphatic carboxylic acids is 1. The van der Waals surface area contributed by atoms with E-state index in [0.29, 0.717) is 24.1 Å². The maximum Gasteiger partial charge on any atom is 0.417 e. The first kappa shape index (κ1) is 11.4. The highest BCUT2D eigenvalue weighted by atomic mass is 16.5. The smallest absolute Gasteiger partial charge is 0.417 e. The molecule has 0 spiro atoms. The summed E-state index contributed by atoms with van der Waals surface area (Å²) in [6, 6.07) is 5.31. The van der Waals surface area contributed by atoms with Crippen molar-refractivity contribution >= 4 is 17.1 Å². The molecule has 0 amide bonds. The standard InChI is InChI=1S/C11H11NO5/c13-10(14)6-16-4-3-7-1-2-8-9(5-7)17-11(15)12-8/h1-2,5H,3-4,6H2,(H,12,15)(H,13,14). The number of ether oxygens (including phenoxy) is 1. The van der Waals surface area contributed by atoms with E-state index in [1.54, 1.807) is 12.1 Å². The number of carboxylic acid groups (broad SMARTS) is 1. The molecule has 2 N–H and O–H groups in total. The van der Waals surface area contributed by atoms with Gasteiger partial charge in [-0.3, -0.25) is 4.98 Å². The second kappa shape index (κ2) is 4.84. The number of carboxylic acids is 1. The molecule has 1 heterocycles. The fourth-order valence-corrected chi connectivity index (χ4v) is 1.49. The molecule has 6 heteroatoms. The van der Waals surface area contributed by atoms with E-state index in [4.69, 9.17) is 14.3 Å². The Morgan fingerprint density at radius 1 is 1.47 bits per heavy atom. The van der Waals surface area contributed by atoms with E-state index < -0.39 is 11.7 Å². The Bertz CT molecular complexity index is 583. The van der Waals surface area contributed by atoms with Crippen molar-refractivity contribution in [2.45, 2.75) is 6.42 Å². The number of hydrogen-bond acceptors (Lipinski definition) is 4. The molecule has 90 valence electrons. The van der Waals surface area contributed by atoms with Gasteiger partial charge in [-0.1, -0.05) is 6.07 Å². The number of nitrogens with one attached hydrogen (secondary N) is 1. The zero-order valence-electron chi connectivity index (χ0n) is 8.93.